The average Bonchev–Trinajstić information content (AvgIpc) is 2.74. The van der Waals surface area contributed by atoms with Crippen LogP contribution in [-0.4, -0.2) is 23.0 Å². The van der Waals surface area contributed by atoms with E-state index in [1.807, 2.05) is 36.4 Å². The van der Waals surface area contributed by atoms with Crippen LogP contribution in [0.3, 0.4) is 0 Å². The maximum atomic E-state index is 13.2. The summed E-state index contributed by atoms with van der Waals surface area (Å²) in [6.45, 7) is 0. The van der Waals surface area contributed by atoms with Gasteiger partial charge in [0.25, 0.3) is 5.56 Å². The van der Waals surface area contributed by atoms with E-state index in [1.165, 1.54) is 11.1 Å². The normalized spacial score (nSPS) is 15.4. The van der Waals surface area contributed by atoms with Crippen molar-refractivity contribution in [2.75, 3.05) is 7.11 Å². The molecule has 0 atom stereocenters. The van der Waals surface area contributed by atoms with Gasteiger partial charge in [-0.3, -0.25) is 4.79 Å². The lowest BCUT2D eigenvalue weighted by molar-refractivity contribution is 0.413. The number of benzene rings is 2. The molecule has 1 heterocycles. The van der Waals surface area contributed by atoms with Gasteiger partial charge in [-0.05, 0) is 43.2 Å². The SMILES string of the molecule is COc1ccc(Br)cc1C=Nn1c(C2CCCCC2)nc2ccccc2c1=O. The summed E-state index contributed by atoms with van der Waals surface area (Å²) >= 11 is 3.48. The topological polar surface area (TPSA) is 56.5 Å². The largest absolute Gasteiger partial charge is 0.496 e. The van der Waals surface area contributed by atoms with Gasteiger partial charge in [0.2, 0.25) is 0 Å². The minimum atomic E-state index is -0.128. The average molecular weight is 440 g/mol. The Labute approximate surface area is 172 Å². The highest BCUT2D eigenvalue weighted by Gasteiger charge is 2.22. The molecule has 1 aliphatic carbocycles. The summed E-state index contributed by atoms with van der Waals surface area (Å²) in [4.78, 5) is 18.0. The number of fused-ring (bicyclic) bond motifs is 1. The van der Waals surface area contributed by atoms with Gasteiger partial charge >= 0.3 is 0 Å². The summed E-state index contributed by atoms with van der Waals surface area (Å²) in [6, 6.07) is 13.2. The van der Waals surface area contributed by atoms with E-state index in [9.17, 15) is 4.79 Å². The van der Waals surface area contributed by atoms with Gasteiger partial charge in [-0.25, -0.2) is 4.98 Å². The van der Waals surface area contributed by atoms with Crippen molar-refractivity contribution < 1.29 is 4.74 Å². The molecule has 144 valence electrons. The van der Waals surface area contributed by atoms with Crippen molar-refractivity contribution in [3.63, 3.8) is 0 Å². The maximum absolute atomic E-state index is 13.2. The highest BCUT2D eigenvalue weighted by atomic mass is 79.9. The van der Waals surface area contributed by atoms with Crippen molar-refractivity contribution in [3.05, 3.63) is 68.7 Å². The first kappa shape index (κ1) is 18.9. The lowest BCUT2D eigenvalue weighted by atomic mass is 9.88. The Bertz CT molecular complexity index is 1080. The van der Waals surface area contributed by atoms with E-state index >= 15 is 0 Å². The molecule has 0 radical (unpaired) electrons. The highest BCUT2D eigenvalue weighted by Crippen LogP contribution is 2.31. The number of halogens is 1. The fraction of sp³-hybridized carbons (Fsp3) is 0.318. The maximum Gasteiger partial charge on any atom is 0.282 e. The van der Waals surface area contributed by atoms with Gasteiger partial charge in [-0.1, -0.05) is 47.3 Å². The lowest BCUT2D eigenvalue weighted by Crippen LogP contribution is -2.25. The van der Waals surface area contributed by atoms with E-state index in [1.54, 1.807) is 19.4 Å². The smallest absolute Gasteiger partial charge is 0.282 e. The monoisotopic (exact) mass is 439 g/mol. The van der Waals surface area contributed by atoms with Crippen LogP contribution < -0.4 is 10.3 Å². The molecule has 5 nitrogen and oxygen atoms in total. The summed E-state index contributed by atoms with van der Waals surface area (Å²) in [5, 5.41) is 5.15. The van der Waals surface area contributed by atoms with Gasteiger partial charge in [0, 0.05) is 16.0 Å². The van der Waals surface area contributed by atoms with Gasteiger partial charge in [0.05, 0.1) is 24.2 Å². The molecule has 0 amide bonds. The standard InChI is InChI=1S/C22H22BrN3O2/c1-28-20-12-11-17(23)13-16(20)14-24-26-21(15-7-3-2-4-8-15)25-19-10-6-5-9-18(19)22(26)27/h5-6,9-15H,2-4,7-8H2,1H3. The number of para-hydroxylation sites is 1. The predicted octanol–water partition coefficient (Wildman–Crippen LogP) is 5.10. The Balaban J connectivity index is 1.86. The van der Waals surface area contributed by atoms with Gasteiger partial charge in [-0.2, -0.15) is 9.78 Å². The molecule has 0 N–H and O–H groups in total. The van der Waals surface area contributed by atoms with Crippen LogP contribution in [0.25, 0.3) is 10.9 Å². The van der Waals surface area contributed by atoms with Crippen LogP contribution in [0.15, 0.2) is 56.8 Å². The molecule has 6 heteroatoms. The van der Waals surface area contributed by atoms with Crippen molar-refractivity contribution in [2.24, 2.45) is 5.10 Å². The molecule has 28 heavy (non-hydrogen) atoms. The Hall–Kier alpha value is -2.47. The number of aromatic nitrogens is 2. The first-order chi connectivity index (χ1) is 13.7. The summed E-state index contributed by atoms with van der Waals surface area (Å²) in [6.07, 6.45) is 7.33. The van der Waals surface area contributed by atoms with Crippen LogP contribution in [0.2, 0.25) is 0 Å². The molecular formula is C22H22BrN3O2. The fourth-order valence-corrected chi connectivity index (χ4v) is 4.18. The van der Waals surface area contributed by atoms with Gasteiger partial charge in [0.15, 0.2) is 0 Å². The quantitative estimate of drug-likeness (QED) is 0.531. The molecule has 1 saturated carbocycles. The molecule has 2 aromatic carbocycles. The third kappa shape index (κ3) is 3.74. The number of nitrogens with zero attached hydrogens (tertiary/aromatic N) is 3. The van der Waals surface area contributed by atoms with Crippen molar-refractivity contribution in [1.29, 1.82) is 0 Å². The fourth-order valence-electron chi connectivity index (χ4n) is 3.80. The van der Waals surface area contributed by atoms with Crippen LogP contribution in [0.1, 0.15) is 49.4 Å². The van der Waals surface area contributed by atoms with Crippen molar-refractivity contribution in [3.8, 4) is 5.75 Å². The Morgan fingerprint density at radius 1 is 1.18 bits per heavy atom. The zero-order chi connectivity index (χ0) is 19.5. The predicted molar refractivity (Wildman–Crippen MR) is 116 cm³/mol. The van der Waals surface area contributed by atoms with E-state index in [2.05, 4.69) is 21.0 Å². The van der Waals surface area contributed by atoms with Crippen LogP contribution in [0.4, 0.5) is 0 Å². The molecule has 1 aromatic heterocycles. The van der Waals surface area contributed by atoms with E-state index in [4.69, 9.17) is 9.72 Å². The van der Waals surface area contributed by atoms with Crippen LogP contribution in [0, 0.1) is 0 Å². The van der Waals surface area contributed by atoms with Crippen LogP contribution in [-0.2, 0) is 0 Å². The summed E-state index contributed by atoms with van der Waals surface area (Å²) < 4.78 is 7.83. The zero-order valence-corrected chi connectivity index (χ0v) is 17.4. The first-order valence-corrected chi connectivity index (χ1v) is 10.4. The molecular weight excluding hydrogens is 418 g/mol. The summed E-state index contributed by atoms with van der Waals surface area (Å²) in [5.41, 5.74) is 1.41. The first-order valence-electron chi connectivity index (χ1n) is 9.57. The molecule has 0 spiro atoms. The molecule has 3 aromatic rings. The minimum absolute atomic E-state index is 0.128. The van der Waals surface area contributed by atoms with E-state index in [-0.39, 0.29) is 11.5 Å². The molecule has 0 unspecified atom stereocenters. The third-order valence-electron chi connectivity index (χ3n) is 5.25. The third-order valence-corrected chi connectivity index (χ3v) is 5.75. The lowest BCUT2D eigenvalue weighted by Gasteiger charge is -2.22. The van der Waals surface area contributed by atoms with Gasteiger partial charge in [-0.15, -0.1) is 0 Å². The number of hydrogen-bond donors (Lipinski definition) is 0. The molecule has 1 fully saturated rings. The highest BCUT2D eigenvalue weighted by molar-refractivity contribution is 9.10. The molecule has 1 aliphatic rings. The number of ether oxygens (including phenoxy) is 1. The Morgan fingerprint density at radius 3 is 2.75 bits per heavy atom. The second kappa shape index (κ2) is 8.27. The van der Waals surface area contributed by atoms with Crippen molar-refractivity contribution in [1.82, 2.24) is 9.66 Å². The van der Waals surface area contributed by atoms with E-state index in [0.29, 0.717) is 11.1 Å². The second-order valence-electron chi connectivity index (χ2n) is 7.07. The summed E-state index contributed by atoms with van der Waals surface area (Å²) in [7, 11) is 1.62. The van der Waals surface area contributed by atoms with Crippen molar-refractivity contribution in [2.45, 2.75) is 38.0 Å². The zero-order valence-electron chi connectivity index (χ0n) is 15.8. The molecule has 0 aliphatic heterocycles. The van der Waals surface area contributed by atoms with Crippen LogP contribution >= 0.6 is 15.9 Å². The van der Waals surface area contributed by atoms with E-state index < -0.39 is 0 Å². The Kier molecular flexibility index (Phi) is 5.57. The minimum Gasteiger partial charge on any atom is -0.496 e. The van der Waals surface area contributed by atoms with Crippen molar-refractivity contribution >= 4 is 33.0 Å². The van der Waals surface area contributed by atoms with Gasteiger partial charge in [0.1, 0.15) is 11.6 Å². The molecule has 4 rings (SSSR count). The van der Waals surface area contributed by atoms with E-state index in [0.717, 1.165) is 47.1 Å². The number of rotatable bonds is 4. The van der Waals surface area contributed by atoms with Crippen LogP contribution in [0.5, 0.6) is 5.75 Å². The number of methoxy groups -OCH3 is 1. The second-order valence-corrected chi connectivity index (χ2v) is 7.99. The van der Waals surface area contributed by atoms with Gasteiger partial charge < -0.3 is 4.74 Å². The molecule has 0 saturated heterocycles. The summed E-state index contributed by atoms with van der Waals surface area (Å²) in [5.74, 6) is 1.72. The number of hydrogen-bond acceptors (Lipinski definition) is 4. The molecule has 0 bridgehead atoms. The Morgan fingerprint density at radius 2 is 1.96 bits per heavy atom.